The van der Waals surface area contributed by atoms with E-state index in [4.69, 9.17) is 4.98 Å². The van der Waals surface area contributed by atoms with Crippen LogP contribution in [0, 0.1) is 0 Å². The molecule has 0 saturated carbocycles. The van der Waals surface area contributed by atoms with Crippen LogP contribution in [-0.2, 0) is 29.4 Å². The van der Waals surface area contributed by atoms with Crippen LogP contribution in [0.25, 0.3) is 10.2 Å². The van der Waals surface area contributed by atoms with Crippen molar-refractivity contribution in [2.45, 2.75) is 56.9 Å². The second-order valence-corrected chi connectivity index (χ2v) is 12.3. The number of hydrogen-bond acceptors (Lipinski definition) is 6. The monoisotopic (exact) mass is 486 g/mol. The number of fused-ring (bicyclic) bond motifs is 3. The maximum atomic E-state index is 13.1. The van der Waals surface area contributed by atoms with Crippen LogP contribution in [0.2, 0.25) is 0 Å². The van der Waals surface area contributed by atoms with Crippen molar-refractivity contribution < 1.29 is 8.42 Å². The Morgan fingerprint density at radius 1 is 1.06 bits per heavy atom. The highest BCUT2D eigenvalue weighted by molar-refractivity contribution is 7.89. The molecule has 1 fully saturated rings. The average Bonchev–Trinajstić information content (AvgIpc) is 3.18. The van der Waals surface area contributed by atoms with E-state index < -0.39 is 10.0 Å². The Bertz CT molecular complexity index is 1320. The van der Waals surface area contributed by atoms with Gasteiger partial charge in [-0.2, -0.15) is 4.31 Å². The molecule has 0 atom stereocenters. The fourth-order valence-corrected chi connectivity index (χ4v) is 7.50. The molecule has 33 heavy (non-hydrogen) atoms. The third-order valence-electron chi connectivity index (χ3n) is 6.76. The number of aryl methyl sites for hydroxylation is 2. The topological polar surface area (TPSA) is 86.4 Å². The molecule has 0 spiro atoms. The number of piperazine rings is 1. The number of sulfonamides is 1. The van der Waals surface area contributed by atoms with Crippen LogP contribution < -0.4 is 5.56 Å². The second kappa shape index (κ2) is 8.94. The van der Waals surface area contributed by atoms with Crippen molar-refractivity contribution >= 4 is 31.6 Å². The maximum Gasteiger partial charge on any atom is 0.259 e. The lowest BCUT2D eigenvalue weighted by Crippen LogP contribution is -2.48. The molecule has 3 heterocycles. The molecule has 7 nitrogen and oxygen atoms in total. The van der Waals surface area contributed by atoms with Gasteiger partial charge in [-0.3, -0.25) is 9.69 Å². The predicted molar refractivity (Wildman–Crippen MR) is 131 cm³/mol. The largest absolute Gasteiger partial charge is 0.309 e. The second-order valence-electron chi connectivity index (χ2n) is 9.31. The van der Waals surface area contributed by atoms with Gasteiger partial charge in [-0.05, 0) is 54.9 Å². The van der Waals surface area contributed by atoms with Crippen molar-refractivity contribution in [2.24, 2.45) is 0 Å². The van der Waals surface area contributed by atoms with Crippen LogP contribution in [0.3, 0.4) is 0 Å². The Morgan fingerprint density at radius 3 is 2.45 bits per heavy atom. The van der Waals surface area contributed by atoms with Crippen LogP contribution in [0.5, 0.6) is 0 Å². The number of aromatic amines is 1. The third kappa shape index (κ3) is 4.39. The smallest absolute Gasteiger partial charge is 0.259 e. The fourth-order valence-electron chi connectivity index (χ4n) is 4.80. The number of thiophene rings is 1. The summed E-state index contributed by atoms with van der Waals surface area (Å²) in [7, 11) is -3.50. The zero-order valence-corrected chi connectivity index (χ0v) is 20.8. The molecule has 0 amide bonds. The van der Waals surface area contributed by atoms with Crippen molar-refractivity contribution in [3.05, 3.63) is 56.4 Å². The number of benzene rings is 1. The molecule has 9 heteroatoms. The van der Waals surface area contributed by atoms with Gasteiger partial charge in [0.2, 0.25) is 10.0 Å². The van der Waals surface area contributed by atoms with E-state index in [1.807, 2.05) is 12.1 Å². The molecular formula is C24H30N4O3S2. The molecule has 1 aliphatic heterocycles. The summed E-state index contributed by atoms with van der Waals surface area (Å²) in [6, 6.07) is 7.21. The summed E-state index contributed by atoms with van der Waals surface area (Å²) < 4.78 is 27.7. The first-order valence-electron chi connectivity index (χ1n) is 11.7. The number of aromatic nitrogens is 2. The van der Waals surface area contributed by atoms with E-state index in [0.717, 1.165) is 35.0 Å². The Labute approximate surface area is 198 Å². The Balaban J connectivity index is 1.27. The normalized spacial score (nSPS) is 18.2. The SMILES string of the molecule is CC(C)c1ccc(S(=O)(=O)N2CCN(Cc3nc4sc5c(c4c(=O)[nH]3)CCCC5)CC2)cc1. The van der Waals surface area contributed by atoms with Gasteiger partial charge in [0.25, 0.3) is 5.56 Å². The molecule has 176 valence electrons. The minimum Gasteiger partial charge on any atom is -0.309 e. The van der Waals surface area contributed by atoms with Gasteiger partial charge in [0.15, 0.2) is 0 Å². The molecule has 3 aromatic rings. The molecule has 5 rings (SSSR count). The average molecular weight is 487 g/mol. The summed E-state index contributed by atoms with van der Waals surface area (Å²) in [5, 5.41) is 0.776. The van der Waals surface area contributed by atoms with Crippen molar-refractivity contribution in [2.75, 3.05) is 26.2 Å². The van der Waals surface area contributed by atoms with Gasteiger partial charge in [0.1, 0.15) is 10.7 Å². The molecule has 0 bridgehead atoms. The summed E-state index contributed by atoms with van der Waals surface area (Å²) >= 11 is 1.66. The van der Waals surface area contributed by atoms with Crippen molar-refractivity contribution in [3.63, 3.8) is 0 Å². The first kappa shape index (κ1) is 22.7. The maximum absolute atomic E-state index is 13.1. The predicted octanol–water partition coefficient (Wildman–Crippen LogP) is 3.49. The van der Waals surface area contributed by atoms with E-state index in [2.05, 4.69) is 23.7 Å². The minimum absolute atomic E-state index is 0.0412. The highest BCUT2D eigenvalue weighted by atomic mass is 32.2. The lowest BCUT2D eigenvalue weighted by atomic mass is 9.97. The molecule has 1 aromatic carbocycles. The lowest BCUT2D eigenvalue weighted by Gasteiger charge is -2.33. The zero-order valence-electron chi connectivity index (χ0n) is 19.1. The summed E-state index contributed by atoms with van der Waals surface area (Å²) in [4.78, 5) is 25.2. The van der Waals surface area contributed by atoms with Gasteiger partial charge >= 0.3 is 0 Å². The van der Waals surface area contributed by atoms with Crippen LogP contribution in [0.4, 0.5) is 0 Å². The first-order chi connectivity index (χ1) is 15.8. The van der Waals surface area contributed by atoms with Gasteiger partial charge in [-0.15, -0.1) is 11.3 Å². The van der Waals surface area contributed by atoms with E-state index >= 15 is 0 Å². The molecule has 2 aliphatic rings. The quantitative estimate of drug-likeness (QED) is 0.597. The molecule has 2 aromatic heterocycles. The van der Waals surface area contributed by atoms with Crippen molar-refractivity contribution in [1.82, 2.24) is 19.2 Å². The number of nitrogens with zero attached hydrogens (tertiary/aromatic N) is 3. The number of rotatable bonds is 5. The van der Waals surface area contributed by atoms with E-state index in [-0.39, 0.29) is 5.56 Å². The summed E-state index contributed by atoms with van der Waals surface area (Å²) in [6.45, 7) is 6.76. The van der Waals surface area contributed by atoms with Crippen molar-refractivity contribution in [1.29, 1.82) is 0 Å². The molecule has 0 unspecified atom stereocenters. The number of hydrogen-bond donors (Lipinski definition) is 1. The molecule has 1 N–H and O–H groups in total. The van der Waals surface area contributed by atoms with Crippen LogP contribution in [-0.4, -0.2) is 53.8 Å². The summed E-state index contributed by atoms with van der Waals surface area (Å²) in [5.74, 6) is 1.02. The van der Waals surface area contributed by atoms with Gasteiger partial charge in [0, 0.05) is 31.1 Å². The van der Waals surface area contributed by atoms with E-state index in [1.54, 1.807) is 27.8 Å². The summed E-state index contributed by atoms with van der Waals surface area (Å²) in [5.41, 5.74) is 2.28. The highest BCUT2D eigenvalue weighted by Crippen LogP contribution is 2.33. The third-order valence-corrected chi connectivity index (χ3v) is 9.86. The van der Waals surface area contributed by atoms with E-state index in [9.17, 15) is 13.2 Å². The molecule has 1 aliphatic carbocycles. The Kier molecular flexibility index (Phi) is 6.15. The van der Waals surface area contributed by atoms with Crippen LogP contribution in [0.1, 0.15) is 54.4 Å². The van der Waals surface area contributed by atoms with Gasteiger partial charge in [-0.25, -0.2) is 13.4 Å². The van der Waals surface area contributed by atoms with Gasteiger partial charge in [0.05, 0.1) is 16.8 Å². The first-order valence-corrected chi connectivity index (χ1v) is 13.9. The van der Waals surface area contributed by atoms with Crippen LogP contribution in [0.15, 0.2) is 34.0 Å². The van der Waals surface area contributed by atoms with Gasteiger partial charge < -0.3 is 4.98 Å². The summed E-state index contributed by atoms with van der Waals surface area (Å²) in [6.07, 6.45) is 4.33. The number of H-pyrrole nitrogens is 1. The minimum atomic E-state index is -3.50. The van der Waals surface area contributed by atoms with Crippen molar-refractivity contribution in [3.8, 4) is 0 Å². The number of nitrogens with one attached hydrogen (secondary N) is 1. The Hall–Kier alpha value is -2.07. The molecule has 1 saturated heterocycles. The van der Waals surface area contributed by atoms with E-state index in [0.29, 0.717) is 49.4 Å². The van der Waals surface area contributed by atoms with Crippen LogP contribution >= 0.6 is 11.3 Å². The zero-order chi connectivity index (χ0) is 23.2. The van der Waals surface area contributed by atoms with Gasteiger partial charge in [-0.1, -0.05) is 26.0 Å². The Morgan fingerprint density at radius 2 is 1.76 bits per heavy atom. The standard InChI is InChI=1S/C24H30N4O3S2/c1-16(2)17-7-9-18(10-8-17)33(30,31)28-13-11-27(12-14-28)15-21-25-23(29)22-19-5-3-4-6-20(19)32-24(22)26-21/h7-10,16H,3-6,11-15H2,1-2H3,(H,25,26,29). The molecule has 0 radical (unpaired) electrons. The highest BCUT2D eigenvalue weighted by Gasteiger charge is 2.29. The van der Waals surface area contributed by atoms with E-state index in [1.165, 1.54) is 16.9 Å². The molecular weight excluding hydrogens is 456 g/mol. The lowest BCUT2D eigenvalue weighted by molar-refractivity contribution is 0.178. The fraction of sp³-hybridized carbons (Fsp3) is 0.500.